The first-order chi connectivity index (χ1) is 14.0. The van der Waals surface area contributed by atoms with Gasteiger partial charge in [-0.25, -0.2) is 0 Å². The summed E-state index contributed by atoms with van der Waals surface area (Å²) < 4.78 is 29.4. The van der Waals surface area contributed by atoms with Gasteiger partial charge in [-0.15, -0.1) is 0 Å². The number of carbonyl (C=O) groups excluding carboxylic acids is 2. The third-order valence-corrected chi connectivity index (χ3v) is 5.88. The molecule has 0 saturated carbocycles. The van der Waals surface area contributed by atoms with Crippen LogP contribution in [-0.2, 0) is 23.9 Å². The van der Waals surface area contributed by atoms with E-state index in [9.17, 15) is 18.0 Å². The summed E-state index contributed by atoms with van der Waals surface area (Å²) in [6.07, 6.45) is 6.83. The SMILES string of the molecule is Cc1ccc(S(=O)(=O)OC(=O)CCCCC[N+](C)(C)C)cc1.O=C1CCCCCN1. The molecule has 2 rings (SSSR count). The van der Waals surface area contributed by atoms with Gasteiger partial charge in [0.15, 0.2) is 0 Å². The molecule has 0 aliphatic carbocycles. The molecule has 1 amide bonds. The summed E-state index contributed by atoms with van der Waals surface area (Å²) in [4.78, 5) is 22.2. The molecule has 8 heteroatoms. The summed E-state index contributed by atoms with van der Waals surface area (Å²) in [5.74, 6) is -0.465. The molecule has 7 nitrogen and oxygen atoms in total. The van der Waals surface area contributed by atoms with Gasteiger partial charge in [-0.2, -0.15) is 8.42 Å². The van der Waals surface area contributed by atoms with Gasteiger partial charge in [-0.05, 0) is 51.2 Å². The number of quaternary nitrogens is 1. The predicted octanol–water partition coefficient (Wildman–Crippen LogP) is 3.17. The molecule has 1 aromatic carbocycles. The Kier molecular flexibility index (Phi) is 11.0. The number of amides is 1. The van der Waals surface area contributed by atoms with Gasteiger partial charge in [0, 0.05) is 19.4 Å². The summed E-state index contributed by atoms with van der Waals surface area (Å²) in [5, 5.41) is 2.81. The molecule has 0 atom stereocenters. The van der Waals surface area contributed by atoms with E-state index >= 15 is 0 Å². The van der Waals surface area contributed by atoms with E-state index in [4.69, 9.17) is 0 Å². The van der Waals surface area contributed by atoms with Crippen molar-refractivity contribution in [3.8, 4) is 0 Å². The normalized spacial score (nSPS) is 14.7. The maximum atomic E-state index is 11.9. The van der Waals surface area contributed by atoms with E-state index in [0.717, 1.165) is 55.2 Å². The third-order valence-electron chi connectivity index (χ3n) is 4.62. The Labute approximate surface area is 181 Å². The van der Waals surface area contributed by atoms with Crippen molar-refractivity contribution in [1.82, 2.24) is 5.32 Å². The van der Waals surface area contributed by atoms with Gasteiger partial charge in [0.05, 0.1) is 27.7 Å². The Morgan fingerprint density at radius 3 is 2.33 bits per heavy atom. The fraction of sp³-hybridized carbons (Fsp3) is 0.636. The molecule has 0 bridgehead atoms. The molecule has 1 aromatic rings. The lowest BCUT2D eigenvalue weighted by molar-refractivity contribution is -0.870. The quantitative estimate of drug-likeness (QED) is 0.380. The summed E-state index contributed by atoms with van der Waals surface area (Å²) in [7, 11) is 2.35. The Balaban J connectivity index is 0.000000467. The zero-order chi connectivity index (χ0) is 22.6. The minimum absolute atomic E-state index is 0.0106. The molecule has 0 aromatic heterocycles. The molecule has 170 valence electrons. The number of hydrogen-bond donors (Lipinski definition) is 1. The van der Waals surface area contributed by atoms with E-state index in [1.54, 1.807) is 12.1 Å². The van der Waals surface area contributed by atoms with Gasteiger partial charge in [0.25, 0.3) is 0 Å². The van der Waals surface area contributed by atoms with E-state index in [2.05, 4.69) is 30.6 Å². The first-order valence-electron chi connectivity index (χ1n) is 10.6. The lowest BCUT2D eigenvalue weighted by Crippen LogP contribution is -2.35. The molecule has 1 aliphatic heterocycles. The molecule has 0 spiro atoms. The van der Waals surface area contributed by atoms with E-state index in [1.807, 2.05) is 6.92 Å². The highest BCUT2D eigenvalue weighted by Gasteiger charge is 2.19. The van der Waals surface area contributed by atoms with Crippen LogP contribution in [0.4, 0.5) is 0 Å². The van der Waals surface area contributed by atoms with Crippen LogP contribution < -0.4 is 5.32 Å². The Hall–Kier alpha value is -1.93. The van der Waals surface area contributed by atoms with Gasteiger partial charge < -0.3 is 14.0 Å². The molecule has 0 unspecified atom stereocenters. The maximum absolute atomic E-state index is 11.9. The van der Waals surface area contributed by atoms with E-state index in [-0.39, 0.29) is 17.2 Å². The van der Waals surface area contributed by atoms with Crippen LogP contribution in [-0.4, -0.2) is 59.0 Å². The van der Waals surface area contributed by atoms with Gasteiger partial charge >= 0.3 is 16.1 Å². The molecule has 30 heavy (non-hydrogen) atoms. The van der Waals surface area contributed by atoms with Crippen molar-refractivity contribution in [2.75, 3.05) is 34.2 Å². The highest BCUT2D eigenvalue weighted by molar-refractivity contribution is 7.87. The second kappa shape index (κ2) is 12.7. The van der Waals surface area contributed by atoms with Gasteiger partial charge in [-0.3, -0.25) is 9.59 Å². The van der Waals surface area contributed by atoms with Crippen LogP contribution in [0.2, 0.25) is 0 Å². The highest BCUT2D eigenvalue weighted by Crippen LogP contribution is 2.15. The van der Waals surface area contributed by atoms with Crippen molar-refractivity contribution in [2.45, 2.75) is 63.2 Å². The minimum atomic E-state index is -3.99. The van der Waals surface area contributed by atoms with Gasteiger partial charge in [0.2, 0.25) is 5.91 Å². The van der Waals surface area contributed by atoms with Crippen molar-refractivity contribution >= 4 is 22.0 Å². The van der Waals surface area contributed by atoms with E-state index in [0.29, 0.717) is 6.42 Å². The van der Waals surface area contributed by atoms with Crippen LogP contribution in [0.5, 0.6) is 0 Å². The predicted molar refractivity (Wildman–Crippen MR) is 117 cm³/mol. The average Bonchev–Trinajstić information content (AvgIpc) is 2.88. The molecule has 0 radical (unpaired) electrons. The summed E-state index contributed by atoms with van der Waals surface area (Å²) >= 11 is 0. The molecule has 1 N–H and O–H groups in total. The van der Waals surface area contributed by atoms with E-state index < -0.39 is 16.1 Å². The lowest BCUT2D eigenvalue weighted by atomic mass is 10.2. The number of nitrogens with zero attached hydrogens (tertiary/aromatic N) is 1. The largest absolute Gasteiger partial charge is 0.356 e. The number of benzene rings is 1. The smallest absolute Gasteiger partial charge is 0.341 e. The van der Waals surface area contributed by atoms with Gasteiger partial charge in [-0.1, -0.05) is 24.1 Å². The molecule has 1 saturated heterocycles. The van der Waals surface area contributed by atoms with Crippen molar-refractivity contribution in [3.05, 3.63) is 29.8 Å². The van der Waals surface area contributed by atoms with Crippen LogP contribution in [0.3, 0.4) is 0 Å². The number of aryl methyl sites for hydroxylation is 1. The molecule has 1 aliphatic rings. The fourth-order valence-electron chi connectivity index (χ4n) is 2.85. The first kappa shape index (κ1) is 26.1. The number of hydrogen-bond acceptors (Lipinski definition) is 5. The number of rotatable bonds is 8. The zero-order valence-corrected chi connectivity index (χ0v) is 19.6. The van der Waals surface area contributed by atoms with Crippen molar-refractivity contribution in [2.24, 2.45) is 0 Å². The molecular weight excluding hydrogens is 404 g/mol. The van der Waals surface area contributed by atoms with Crippen molar-refractivity contribution in [1.29, 1.82) is 0 Å². The molecule has 1 fully saturated rings. The summed E-state index contributed by atoms with van der Waals surface area (Å²) in [5.41, 5.74) is 0.947. The van der Waals surface area contributed by atoms with Crippen molar-refractivity contribution < 1.29 is 26.7 Å². The standard InChI is InChI=1S/C16H26NO4S.C6H11NO/c1-14-9-11-15(12-10-14)22(19,20)21-16(18)8-6-5-7-13-17(2,3)4;8-6-4-2-1-3-5-7-6/h9-12H,5-8,13H2,1-4H3;1-5H2,(H,7,8)/q+1;. The van der Waals surface area contributed by atoms with Crippen LogP contribution in [0.1, 0.15) is 56.9 Å². The number of nitrogens with one attached hydrogen (secondary N) is 1. The Morgan fingerprint density at radius 1 is 1.03 bits per heavy atom. The lowest BCUT2D eigenvalue weighted by Gasteiger charge is -2.23. The number of carbonyl (C=O) groups is 2. The molecular formula is C22H37N2O5S+. The molecule has 1 heterocycles. The topological polar surface area (TPSA) is 89.5 Å². The second-order valence-electron chi connectivity index (χ2n) is 8.71. The Morgan fingerprint density at radius 2 is 1.70 bits per heavy atom. The average molecular weight is 442 g/mol. The summed E-state index contributed by atoms with van der Waals surface area (Å²) in [6, 6.07) is 6.23. The highest BCUT2D eigenvalue weighted by atomic mass is 32.2. The van der Waals surface area contributed by atoms with Crippen LogP contribution >= 0.6 is 0 Å². The Bertz CT molecular complexity index is 758. The number of unbranched alkanes of at least 4 members (excludes halogenated alkanes) is 2. The zero-order valence-electron chi connectivity index (χ0n) is 18.8. The van der Waals surface area contributed by atoms with Crippen LogP contribution in [0, 0.1) is 6.92 Å². The fourth-order valence-corrected chi connectivity index (χ4v) is 3.75. The van der Waals surface area contributed by atoms with E-state index in [1.165, 1.54) is 18.6 Å². The maximum Gasteiger partial charge on any atom is 0.341 e. The second-order valence-corrected chi connectivity index (χ2v) is 10.3. The third kappa shape index (κ3) is 11.9. The van der Waals surface area contributed by atoms with Crippen molar-refractivity contribution in [3.63, 3.8) is 0 Å². The monoisotopic (exact) mass is 441 g/mol. The summed E-state index contributed by atoms with van der Waals surface area (Å²) in [6.45, 7) is 3.77. The van der Waals surface area contributed by atoms with Crippen LogP contribution in [0.15, 0.2) is 29.2 Å². The van der Waals surface area contributed by atoms with Gasteiger partial charge in [0.1, 0.15) is 4.90 Å². The first-order valence-corrected chi connectivity index (χ1v) is 12.0. The minimum Gasteiger partial charge on any atom is -0.356 e. The van der Waals surface area contributed by atoms with Crippen LogP contribution in [0.25, 0.3) is 0 Å².